The molecule has 1 amide bonds. The summed E-state index contributed by atoms with van der Waals surface area (Å²) in [6.45, 7) is 0.283. The highest BCUT2D eigenvalue weighted by molar-refractivity contribution is 7.99. The van der Waals surface area contributed by atoms with Crippen LogP contribution < -0.4 is 5.32 Å². The Balaban J connectivity index is 1.51. The number of nitrogens with zero attached hydrogens (tertiary/aromatic N) is 2. The zero-order chi connectivity index (χ0) is 21.8. The molecule has 0 aliphatic rings. The number of hydrogen-bond donors (Lipinski definition) is 2. The number of nitro benzene ring substituents is 1. The first-order valence-electron chi connectivity index (χ1n) is 9.44. The Morgan fingerprint density at radius 3 is 2.65 bits per heavy atom. The molecule has 2 N–H and O–H groups in total. The number of nitrogens with one attached hydrogen (secondary N) is 2. The molecule has 0 bridgehead atoms. The van der Waals surface area contributed by atoms with Crippen molar-refractivity contribution in [2.75, 3.05) is 6.54 Å². The van der Waals surface area contributed by atoms with Gasteiger partial charge < -0.3 is 10.3 Å². The molecule has 1 aromatic heterocycles. The van der Waals surface area contributed by atoms with E-state index >= 15 is 0 Å². The molecule has 1 heterocycles. The van der Waals surface area contributed by atoms with Crippen molar-refractivity contribution in [3.8, 4) is 0 Å². The smallest absolute Gasteiger partial charge is 0.270 e. The monoisotopic (exact) mass is 436 g/mol. The summed E-state index contributed by atoms with van der Waals surface area (Å²) >= 11 is 1.05. The van der Waals surface area contributed by atoms with Gasteiger partial charge in [-0.3, -0.25) is 14.9 Å². The molecule has 9 heteroatoms. The second-order valence-corrected chi connectivity index (χ2v) is 7.76. The molecule has 0 saturated heterocycles. The molecule has 0 aliphatic carbocycles. The minimum Gasteiger partial charge on any atom is -0.352 e. The SMILES string of the molecule is O=C(NCCc1nc2ccccc2[nH]1)c1cc([N+](=O)[O-])ccc1Sc1ccccc1F. The number of hydrogen-bond acceptors (Lipinski definition) is 5. The van der Waals surface area contributed by atoms with Crippen LogP contribution in [0, 0.1) is 15.9 Å². The number of rotatable bonds is 7. The van der Waals surface area contributed by atoms with Gasteiger partial charge in [0.05, 0.1) is 21.5 Å². The zero-order valence-corrected chi connectivity index (χ0v) is 17.0. The number of H-pyrrole nitrogens is 1. The van der Waals surface area contributed by atoms with Gasteiger partial charge in [0.25, 0.3) is 11.6 Å². The van der Waals surface area contributed by atoms with Crippen LogP contribution in [0.5, 0.6) is 0 Å². The molecule has 4 aromatic rings. The van der Waals surface area contributed by atoms with Crippen LogP contribution in [0.15, 0.2) is 76.5 Å². The third-order valence-electron chi connectivity index (χ3n) is 4.56. The van der Waals surface area contributed by atoms with Crippen molar-refractivity contribution in [2.24, 2.45) is 0 Å². The van der Waals surface area contributed by atoms with Crippen molar-refractivity contribution < 1.29 is 14.1 Å². The van der Waals surface area contributed by atoms with Crippen LogP contribution in [-0.2, 0) is 6.42 Å². The third-order valence-corrected chi connectivity index (χ3v) is 5.69. The van der Waals surface area contributed by atoms with Crippen molar-refractivity contribution in [1.29, 1.82) is 0 Å². The van der Waals surface area contributed by atoms with Crippen molar-refractivity contribution in [1.82, 2.24) is 15.3 Å². The summed E-state index contributed by atoms with van der Waals surface area (Å²) in [7, 11) is 0. The average Bonchev–Trinajstić information content (AvgIpc) is 3.18. The first-order chi connectivity index (χ1) is 15.0. The van der Waals surface area contributed by atoms with Gasteiger partial charge in [-0.15, -0.1) is 0 Å². The first-order valence-corrected chi connectivity index (χ1v) is 10.3. The van der Waals surface area contributed by atoms with Crippen molar-refractivity contribution in [2.45, 2.75) is 16.2 Å². The van der Waals surface area contributed by atoms with Crippen LogP contribution in [0.4, 0.5) is 10.1 Å². The van der Waals surface area contributed by atoms with E-state index in [1.165, 1.54) is 24.3 Å². The van der Waals surface area contributed by atoms with Crippen LogP contribution >= 0.6 is 11.8 Å². The number of aromatic nitrogens is 2. The standard InChI is InChI=1S/C22H17FN4O3S/c23-16-5-1-4-8-20(16)31-19-10-9-14(27(29)30)13-15(19)22(28)24-12-11-21-25-17-6-2-3-7-18(17)26-21/h1-10,13H,11-12H2,(H,24,28)(H,25,26). The number of nitro groups is 1. The Bertz CT molecular complexity index is 1240. The second kappa shape index (κ2) is 8.97. The van der Waals surface area contributed by atoms with Crippen LogP contribution in [0.3, 0.4) is 0 Å². The Hall–Kier alpha value is -3.72. The molecular formula is C22H17FN4O3S. The molecule has 0 fully saturated rings. The van der Waals surface area contributed by atoms with Gasteiger partial charge in [0, 0.05) is 34.9 Å². The number of fused-ring (bicyclic) bond motifs is 1. The molecule has 0 unspecified atom stereocenters. The van der Waals surface area contributed by atoms with Crippen molar-refractivity contribution >= 4 is 34.4 Å². The minimum absolute atomic E-state index is 0.118. The normalized spacial score (nSPS) is 10.9. The lowest BCUT2D eigenvalue weighted by atomic mass is 10.2. The molecular weight excluding hydrogens is 419 g/mol. The van der Waals surface area contributed by atoms with Gasteiger partial charge in [0.2, 0.25) is 0 Å². The number of imidazole rings is 1. The summed E-state index contributed by atoms with van der Waals surface area (Å²) in [4.78, 5) is 31.8. The molecule has 0 saturated carbocycles. The minimum atomic E-state index is -0.567. The number of halogens is 1. The third kappa shape index (κ3) is 4.72. The molecule has 3 aromatic carbocycles. The number of benzene rings is 3. The van der Waals surface area contributed by atoms with Crippen LogP contribution in [0.25, 0.3) is 11.0 Å². The highest BCUT2D eigenvalue weighted by Crippen LogP contribution is 2.34. The molecule has 31 heavy (non-hydrogen) atoms. The largest absolute Gasteiger partial charge is 0.352 e. The quantitative estimate of drug-likeness (QED) is 0.322. The number of para-hydroxylation sites is 2. The van der Waals surface area contributed by atoms with Gasteiger partial charge in [-0.2, -0.15) is 0 Å². The van der Waals surface area contributed by atoms with E-state index in [9.17, 15) is 19.3 Å². The van der Waals surface area contributed by atoms with Gasteiger partial charge in [0.1, 0.15) is 11.6 Å². The maximum absolute atomic E-state index is 14.1. The first kappa shape index (κ1) is 20.5. The summed E-state index contributed by atoms with van der Waals surface area (Å²) < 4.78 is 14.1. The number of aromatic amines is 1. The number of amides is 1. The Labute approximate surface area is 180 Å². The molecule has 7 nitrogen and oxygen atoms in total. The average molecular weight is 436 g/mol. The summed E-state index contributed by atoms with van der Waals surface area (Å²) in [6, 6.07) is 17.7. The zero-order valence-electron chi connectivity index (χ0n) is 16.2. The maximum atomic E-state index is 14.1. The Morgan fingerprint density at radius 2 is 1.87 bits per heavy atom. The van der Waals surface area contributed by atoms with E-state index in [0.717, 1.165) is 28.6 Å². The lowest BCUT2D eigenvalue weighted by molar-refractivity contribution is -0.384. The number of non-ortho nitro benzene ring substituents is 1. The van der Waals surface area contributed by atoms with Gasteiger partial charge >= 0.3 is 0 Å². The van der Waals surface area contributed by atoms with E-state index in [2.05, 4.69) is 15.3 Å². The van der Waals surface area contributed by atoms with E-state index in [1.807, 2.05) is 24.3 Å². The van der Waals surface area contributed by atoms with Crippen LogP contribution in [0.1, 0.15) is 16.2 Å². The van der Waals surface area contributed by atoms with E-state index in [0.29, 0.717) is 16.2 Å². The topological polar surface area (TPSA) is 101 Å². The summed E-state index contributed by atoms with van der Waals surface area (Å²) in [6.07, 6.45) is 0.463. The van der Waals surface area contributed by atoms with Gasteiger partial charge in [0.15, 0.2) is 0 Å². The maximum Gasteiger partial charge on any atom is 0.270 e. The Morgan fingerprint density at radius 1 is 1.10 bits per heavy atom. The van der Waals surface area contributed by atoms with Crippen molar-refractivity contribution in [3.63, 3.8) is 0 Å². The Kier molecular flexibility index (Phi) is 5.94. The molecule has 156 valence electrons. The fraction of sp³-hybridized carbons (Fsp3) is 0.0909. The van der Waals surface area contributed by atoms with E-state index in [1.54, 1.807) is 18.2 Å². The summed E-state index contributed by atoms with van der Waals surface area (Å²) in [5, 5.41) is 13.9. The fourth-order valence-electron chi connectivity index (χ4n) is 3.06. The fourth-order valence-corrected chi connectivity index (χ4v) is 4.00. The predicted molar refractivity (Wildman–Crippen MR) is 116 cm³/mol. The predicted octanol–water partition coefficient (Wildman–Crippen LogP) is 4.73. The lowest BCUT2D eigenvalue weighted by Crippen LogP contribution is -2.26. The lowest BCUT2D eigenvalue weighted by Gasteiger charge is -2.10. The van der Waals surface area contributed by atoms with E-state index in [4.69, 9.17) is 0 Å². The number of carbonyl (C=O) groups excluding carboxylic acids is 1. The summed E-state index contributed by atoms with van der Waals surface area (Å²) in [5.74, 6) is -0.178. The van der Waals surface area contributed by atoms with E-state index in [-0.39, 0.29) is 17.8 Å². The van der Waals surface area contributed by atoms with Gasteiger partial charge in [-0.05, 0) is 30.3 Å². The van der Waals surface area contributed by atoms with Crippen molar-refractivity contribution in [3.05, 3.63) is 94.0 Å². The molecule has 0 aliphatic heterocycles. The highest BCUT2D eigenvalue weighted by Gasteiger charge is 2.18. The molecule has 4 rings (SSSR count). The molecule has 0 spiro atoms. The second-order valence-electron chi connectivity index (χ2n) is 6.68. The summed E-state index contributed by atoms with van der Waals surface area (Å²) in [5.41, 5.74) is 1.66. The highest BCUT2D eigenvalue weighted by atomic mass is 32.2. The number of carbonyl (C=O) groups is 1. The van der Waals surface area contributed by atoms with Crippen LogP contribution in [0.2, 0.25) is 0 Å². The molecule has 0 radical (unpaired) electrons. The van der Waals surface area contributed by atoms with E-state index < -0.39 is 16.6 Å². The molecule has 0 atom stereocenters. The van der Waals surface area contributed by atoms with Crippen LogP contribution in [-0.4, -0.2) is 27.3 Å². The van der Waals surface area contributed by atoms with Gasteiger partial charge in [-0.25, -0.2) is 9.37 Å². The van der Waals surface area contributed by atoms with Gasteiger partial charge in [-0.1, -0.05) is 36.0 Å².